The molecule has 132 valence electrons. The second-order valence-electron chi connectivity index (χ2n) is 6.93. The Bertz CT molecular complexity index is 572. The van der Waals surface area contributed by atoms with Crippen LogP contribution in [0, 0.1) is 0 Å². The summed E-state index contributed by atoms with van der Waals surface area (Å²) in [6.07, 6.45) is 5.92. The van der Waals surface area contributed by atoms with Crippen molar-refractivity contribution in [3.05, 3.63) is 24.2 Å². The quantitative estimate of drug-likeness (QED) is 0.823. The highest BCUT2D eigenvalue weighted by atomic mass is 16.3. The van der Waals surface area contributed by atoms with E-state index >= 15 is 0 Å². The third-order valence-electron chi connectivity index (χ3n) is 5.30. The maximum Gasteiger partial charge on any atom is 0.236 e. The van der Waals surface area contributed by atoms with Gasteiger partial charge < -0.3 is 14.2 Å². The number of nitrogens with zero attached hydrogens (tertiary/aromatic N) is 3. The van der Waals surface area contributed by atoms with E-state index in [1.54, 1.807) is 18.1 Å². The zero-order chi connectivity index (χ0) is 17.1. The van der Waals surface area contributed by atoms with Crippen molar-refractivity contribution in [2.24, 2.45) is 0 Å². The van der Waals surface area contributed by atoms with Crippen molar-refractivity contribution >= 4 is 11.8 Å². The van der Waals surface area contributed by atoms with Gasteiger partial charge in [-0.05, 0) is 44.4 Å². The molecule has 2 aliphatic heterocycles. The fourth-order valence-electron chi connectivity index (χ4n) is 4.09. The molecule has 3 heterocycles. The van der Waals surface area contributed by atoms with Crippen LogP contribution in [0.5, 0.6) is 0 Å². The van der Waals surface area contributed by atoms with Crippen LogP contribution in [0.2, 0.25) is 0 Å². The van der Waals surface area contributed by atoms with E-state index in [1.807, 2.05) is 24.1 Å². The highest BCUT2D eigenvalue weighted by molar-refractivity contribution is 5.78. The number of furan rings is 1. The van der Waals surface area contributed by atoms with E-state index in [1.165, 1.54) is 0 Å². The molecule has 2 saturated heterocycles. The third kappa shape index (κ3) is 3.64. The van der Waals surface area contributed by atoms with Crippen LogP contribution in [0.25, 0.3) is 0 Å². The molecule has 0 N–H and O–H groups in total. The number of amides is 2. The summed E-state index contributed by atoms with van der Waals surface area (Å²) in [5.41, 5.74) is 0. The molecule has 2 atom stereocenters. The number of carbonyl (C=O) groups excluding carboxylic acids is 2. The highest BCUT2D eigenvalue weighted by Crippen LogP contribution is 2.30. The van der Waals surface area contributed by atoms with Crippen molar-refractivity contribution in [1.29, 1.82) is 0 Å². The molecule has 6 nitrogen and oxygen atoms in total. The average Bonchev–Trinajstić information content (AvgIpc) is 3.27. The van der Waals surface area contributed by atoms with Crippen LogP contribution >= 0.6 is 0 Å². The first-order chi connectivity index (χ1) is 11.6. The van der Waals surface area contributed by atoms with E-state index in [-0.39, 0.29) is 17.9 Å². The Labute approximate surface area is 143 Å². The van der Waals surface area contributed by atoms with Gasteiger partial charge in [0, 0.05) is 32.6 Å². The predicted octanol–water partition coefficient (Wildman–Crippen LogP) is 1.71. The topological polar surface area (TPSA) is 57.0 Å². The monoisotopic (exact) mass is 333 g/mol. The number of likely N-dealkylation sites (N-methyl/N-ethyl adjacent to an activating group) is 1. The first-order valence-electron chi connectivity index (χ1n) is 8.84. The molecule has 2 fully saturated rings. The number of likely N-dealkylation sites (tertiary alicyclic amines) is 2. The van der Waals surface area contributed by atoms with Crippen LogP contribution < -0.4 is 0 Å². The minimum Gasteiger partial charge on any atom is -0.467 e. The number of hydrogen-bond donors (Lipinski definition) is 0. The van der Waals surface area contributed by atoms with Crippen molar-refractivity contribution in [2.45, 2.75) is 51.2 Å². The van der Waals surface area contributed by atoms with Gasteiger partial charge in [0.15, 0.2) is 0 Å². The number of rotatable bonds is 5. The number of carbonyl (C=O) groups is 2. The molecule has 3 rings (SSSR count). The van der Waals surface area contributed by atoms with E-state index in [0.717, 1.165) is 44.5 Å². The van der Waals surface area contributed by atoms with Crippen molar-refractivity contribution in [3.63, 3.8) is 0 Å². The summed E-state index contributed by atoms with van der Waals surface area (Å²) in [5.74, 6) is 1.05. The largest absolute Gasteiger partial charge is 0.467 e. The predicted molar refractivity (Wildman–Crippen MR) is 90.2 cm³/mol. The Hall–Kier alpha value is -1.82. The minimum atomic E-state index is 0.102. The Balaban J connectivity index is 1.59. The Morgan fingerprint density at radius 2 is 2.00 bits per heavy atom. The van der Waals surface area contributed by atoms with E-state index in [0.29, 0.717) is 19.1 Å². The first kappa shape index (κ1) is 17.0. The molecular weight excluding hydrogens is 306 g/mol. The SMILES string of the molecule is CC(=O)N1CCC[C@@H]1[C@@H]1CCCN1CC(=O)N(C)Cc1ccco1. The van der Waals surface area contributed by atoms with Crippen molar-refractivity contribution in [2.75, 3.05) is 26.7 Å². The van der Waals surface area contributed by atoms with Gasteiger partial charge in [0.1, 0.15) is 5.76 Å². The molecule has 0 bridgehead atoms. The summed E-state index contributed by atoms with van der Waals surface area (Å²) in [4.78, 5) is 30.4. The molecule has 0 spiro atoms. The van der Waals surface area contributed by atoms with Crippen molar-refractivity contribution in [3.8, 4) is 0 Å². The summed E-state index contributed by atoms with van der Waals surface area (Å²) in [5, 5.41) is 0. The Kier molecular flexibility index (Phi) is 5.23. The van der Waals surface area contributed by atoms with Gasteiger partial charge in [0.2, 0.25) is 11.8 Å². The summed E-state index contributed by atoms with van der Waals surface area (Å²) in [6, 6.07) is 4.30. The lowest BCUT2D eigenvalue weighted by molar-refractivity contribution is -0.133. The zero-order valence-electron chi connectivity index (χ0n) is 14.6. The summed E-state index contributed by atoms with van der Waals surface area (Å²) < 4.78 is 5.32. The lowest BCUT2D eigenvalue weighted by Crippen LogP contribution is -2.50. The molecule has 1 aromatic heterocycles. The molecular formula is C18H27N3O3. The summed E-state index contributed by atoms with van der Waals surface area (Å²) in [6.45, 7) is 4.36. The fraction of sp³-hybridized carbons (Fsp3) is 0.667. The van der Waals surface area contributed by atoms with E-state index < -0.39 is 0 Å². The fourth-order valence-corrected chi connectivity index (χ4v) is 4.09. The molecule has 2 amide bonds. The molecule has 0 aromatic carbocycles. The standard InChI is InChI=1S/C18H27N3O3/c1-14(22)21-10-4-8-17(21)16-7-3-9-20(16)13-18(23)19(2)12-15-6-5-11-24-15/h5-6,11,16-17H,3-4,7-10,12-13H2,1-2H3/t16-,17+/m0/s1. The molecule has 0 saturated carbocycles. The van der Waals surface area contributed by atoms with E-state index in [4.69, 9.17) is 4.42 Å². The molecule has 1 aromatic rings. The minimum absolute atomic E-state index is 0.102. The maximum atomic E-state index is 12.6. The van der Waals surface area contributed by atoms with Gasteiger partial charge in [-0.25, -0.2) is 0 Å². The normalized spacial score (nSPS) is 24.5. The van der Waals surface area contributed by atoms with Crippen molar-refractivity contribution < 1.29 is 14.0 Å². The highest BCUT2D eigenvalue weighted by Gasteiger charge is 2.39. The van der Waals surface area contributed by atoms with Crippen LogP contribution in [0.3, 0.4) is 0 Å². The van der Waals surface area contributed by atoms with Gasteiger partial charge in [-0.15, -0.1) is 0 Å². The van der Waals surface area contributed by atoms with Crippen LogP contribution in [-0.2, 0) is 16.1 Å². The van der Waals surface area contributed by atoms with E-state index in [2.05, 4.69) is 4.90 Å². The Morgan fingerprint density at radius 3 is 2.71 bits per heavy atom. The van der Waals surface area contributed by atoms with Gasteiger partial charge in [-0.3, -0.25) is 14.5 Å². The zero-order valence-corrected chi connectivity index (χ0v) is 14.6. The van der Waals surface area contributed by atoms with Crippen molar-refractivity contribution in [1.82, 2.24) is 14.7 Å². The van der Waals surface area contributed by atoms with Gasteiger partial charge in [-0.1, -0.05) is 0 Å². The lowest BCUT2D eigenvalue weighted by Gasteiger charge is -2.34. The molecule has 0 aliphatic carbocycles. The molecule has 0 radical (unpaired) electrons. The summed E-state index contributed by atoms with van der Waals surface area (Å²) in [7, 11) is 1.81. The van der Waals surface area contributed by atoms with Gasteiger partial charge in [0.25, 0.3) is 0 Å². The molecule has 24 heavy (non-hydrogen) atoms. The van der Waals surface area contributed by atoms with Gasteiger partial charge in [0.05, 0.1) is 19.4 Å². The maximum absolute atomic E-state index is 12.6. The smallest absolute Gasteiger partial charge is 0.236 e. The molecule has 6 heteroatoms. The average molecular weight is 333 g/mol. The second-order valence-corrected chi connectivity index (χ2v) is 6.93. The molecule has 0 unspecified atom stereocenters. The van der Waals surface area contributed by atoms with Crippen LogP contribution in [-0.4, -0.2) is 65.3 Å². The van der Waals surface area contributed by atoms with E-state index in [9.17, 15) is 9.59 Å². The second kappa shape index (κ2) is 7.38. The third-order valence-corrected chi connectivity index (χ3v) is 5.30. The Morgan fingerprint density at radius 1 is 1.25 bits per heavy atom. The van der Waals surface area contributed by atoms with Gasteiger partial charge >= 0.3 is 0 Å². The first-order valence-corrected chi connectivity index (χ1v) is 8.84. The van der Waals surface area contributed by atoms with Crippen LogP contribution in [0.4, 0.5) is 0 Å². The lowest BCUT2D eigenvalue weighted by atomic mass is 10.0. The van der Waals surface area contributed by atoms with Crippen LogP contribution in [0.15, 0.2) is 22.8 Å². The number of hydrogen-bond acceptors (Lipinski definition) is 4. The summed E-state index contributed by atoms with van der Waals surface area (Å²) >= 11 is 0. The van der Waals surface area contributed by atoms with Gasteiger partial charge in [-0.2, -0.15) is 0 Å². The van der Waals surface area contributed by atoms with Crippen LogP contribution in [0.1, 0.15) is 38.4 Å². The molecule has 2 aliphatic rings.